The Labute approximate surface area is 109 Å². The second-order valence-corrected chi connectivity index (χ2v) is 6.09. The summed E-state index contributed by atoms with van der Waals surface area (Å²) in [6.45, 7) is 8.77. The Hall–Kier alpha value is 0.01000. The average molecular weight is 270 g/mol. The first-order valence-corrected chi connectivity index (χ1v) is 5.73. The smallest absolute Gasteiger partial charge is 0.404 e. The van der Waals surface area contributed by atoms with Gasteiger partial charge in [-0.2, -0.15) is 0 Å². The van der Waals surface area contributed by atoms with Crippen molar-refractivity contribution in [3.63, 3.8) is 0 Å². The predicted octanol–water partition coefficient (Wildman–Crippen LogP) is -1.40. The molecule has 0 bridgehead atoms. The predicted molar refractivity (Wildman–Crippen MR) is 60.4 cm³/mol. The van der Waals surface area contributed by atoms with Gasteiger partial charge < -0.3 is 22.0 Å². The second kappa shape index (κ2) is 5.11. The molecule has 1 aliphatic heterocycles. The molecule has 16 heavy (non-hydrogen) atoms. The number of ether oxygens (including phenoxy) is 1. The van der Waals surface area contributed by atoms with Crippen molar-refractivity contribution >= 4 is 17.0 Å². The minimum absolute atomic E-state index is 0. The molecule has 0 spiro atoms. The van der Waals surface area contributed by atoms with Crippen molar-refractivity contribution in [1.82, 2.24) is 0 Å². The molecular formula is C11H21Cl2NO2. The van der Waals surface area contributed by atoms with Gasteiger partial charge in [0.1, 0.15) is 6.10 Å². The van der Waals surface area contributed by atoms with Crippen LogP contribution < -0.4 is 17.3 Å². The maximum absolute atomic E-state index is 10.8. The van der Waals surface area contributed by atoms with Gasteiger partial charge >= 0.3 is 5.43 Å². The SMILES string of the molecule is C[NH+]1C(C)(C)CC(OC(=O)Cl)CC1(C)C.[Cl-]. The number of halogens is 2. The van der Waals surface area contributed by atoms with Gasteiger partial charge in [-0.3, -0.25) is 0 Å². The van der Waals surface area contributed by atoms with Crippen LogP contribution in [0, 0.1) is 0 Å². The molecule has 0 amide bonds. The third-order valence-electron chi connectivity index (χ3n) is 3.77. The topological polar surface area (TPSA) is 30.7 Å². The molecule has 0 aromatic heterocycles. The van der Waals surface area contributed by atoms with Gasteiger partial charge in [0.2, 0.25) is 0 Å². The Morgan fingerprint density at radius 1 is 1.25 bits per heavy atom. The fraction of sp³-hybridized carbons (Fsp3) is 0.909. The normalized spacial score (nSPS) is 31.4. The van der Waals surface area contributed by atoms with E-state index >= 15 is 0 Å². The van der Waals surface area contributed by atoms with E-state index in [9.17, 15) is 4.79 Å². The molecule has 0 unspecified atom stereocenters. The molecule has 1 aliphatic rings. The lowest BCUT2D eigenvalue weighted by Gasteiger charge is -2.49. The van der Waals surface area contributed by atoms with E-state index in [1.807, 2.05) is 0 Å². The molecule has 0 saturated carbocycles. The van der Waals surface area contributed by atoms with Crippen molar-refractivity contribution < 1.29 is 26.8 Å². The maximum Gasteiger partial charge on any atom is 0.404 e. The summed E-state index contributed by atoms with van der Waals surface area (Å²) in [6.07, 6.45) is 1.67. The molecular weight excluding hydrogens is 249 g/mol. The Balaban J connectivity index is 0.00000225. The number of carbonyl (C=O) groups excluding carboxylic acids is 1. The van der Waals surface area contributed by atoms with Crippen molar-refractivity contribution in [2.45, 2.75) is 57.7 Å². The number of piperidine rings is 1. The molecule has 5 heteroatoms. The standard InChI is InChI=1S/C11H20ClNO2.ClH/c1-10(2)6-8(15-9(12)14)7-11(3,4)13(10)5;/h8H,6-7H2,1-5H3;1H. The summed E-state index contributed by atoms with van der Waals surface area (Å²) in [5.41, 5.74) is -0.469. The minimum Gasteiger partial charge on any atom is -1.00 e. The third-order valence-corrected chi connectivity index (χ3v) is 3.85. The summed E-state index contributed by atoms with van der Waals surface area (Å²) in [5.74, 6) is 0. The number of hydrogen-bond acceptors (Lipinski definition) is 2. The highest BCUT2D eigenvalue weighted by Crippen LogP contribution is 2.26. The zero-order valence-corrected chi connectivity index (χ0v) is 12.1. The van der Waals surface area contributed by atoms with Crippen LogP contribution in [0.3, 0.4) is 0 Å². The molecule has 1 fully saturated rings. The zero-order valence-electron chi connectivity index (χ0n) is 10.6. The Morgan fingerprint density at radius 3 is 1.94 bits per heavy atom. The van der Waals surface area contributed by atoms with Crippen molar-refractivity contribution in [3.05, 3.63) is 0 Å². The van der Waals surface area contributed by atoms with Gasteiger partial charge in [-0.05, 0) is 27.7 Å². The van der Waals surface area contributed by atoms with Crippen LogP contribution in [0.15, 0.2) is 0 Å². The van der Waals surface area contributed by atoms with Gasteiger partial charge in [-0.25, -0.2) is 4.79 Å². The fourth-order valence-corrected chi connectivity index (χ4v) is 2.77. The van der Waals surface area contributed by atoms with Gasteiger partial charge in [0.05, 0.1) is 18.1 Å². The van der Waals surface area contributed by atoms with Crippen LogP contribution in [0.1, 0.15) is 40.5 Å². The molecule has 0 aromatic carbocycles. The summed E-state index contributed by atoms with van der Waals surface area (Å²) >= 11 is 5.27. The van der Waals surface area contributed by atoms with E-state index < -0.39 is 5.43 Å². The molecule has 1 rings (SSSR count). The van der Waals surface area contributed by atoms with Crippen molar-refractivity contribution in [2.24, 2.45) is 0 Å². The fourth-order valence-electron chi connectivity index (χ4n) is 2.65. The third kappa shape index (κ3) is 3.51. The maximum atomic E-state index is 10.8. The summed E-state index contributed by atoms with van der Waals surface area (Å²) in [6, 6.07) is 0. The van der Waals surface area contributed by atoms with E-state index in [2.05, 4.69) is 34.7 Å². The van der Waals surface area contributed by atoms with Gasteiger partial charge in [0.25, 0.3) is 0 Å². The van der Waals surface area contributed by atoms with Crippen LogP contribution in [0.4, 0.5) is 4.79 Å². The zero-order chi connectivity index (χ0) is 11.9. The number of rotatable bonds is 1. The highest BCUT2D eigenvalue weighted by Gasteiger charge is 2.48. The van der Waals surface area contributed by atoms with Gasteiger partial charge in [-0.1, -0.05) is 0 Å². The van der Waals surface area contributed by atoms with E-state index in [1.54, 1.807) is 0 Å². The number of carbonyl (C=O) groups is 1. The first-order valence-electron chi connectivity index (χ1n) is 5.36. The number of quaternary nitrogens is 1. The van der Waals surface area contributed by atoms with E-state index in [0.29, 0.717) is 0 Å². The number of nitrogens with one attached hydrogen (secondary N) is 1. The summed E-state index contributed by atoms with van der Waals surface area (Å²) in [7, 11) is 2.19. The lowest BCUT2D eigenvalue weighted by molar-refractivity contribution is -0.983. The van der Waals surface area contributed by atoms with Crippen LogP contribution in [0.25, 0.3) is 0 Å². The molecule has 96 valence electrons. The first-order chi connectivity index (χ1) is 6.65. The first kappa shape index (κ1) is 16.0. The second-order valence-electron chi connectivity index (χ2n) is 5.78. The van der Waals surface area contributed by atoms with Crippen LogP contribution >= 0.6 is 11.6 Å². The van der Waals surface area contributed by atoms with E-state index in [1.165, 1.54) is 4.90 Å². The number of likely N-dealkylation sites (tertiary alicyclic amines) is 1. The molecule has 0 radical (unpaired) electrons. The van der Waals surface area contributed by atoms with E-state index in [0.717, 1.165) is 12.8 Å². The summed E-state index contributed by atoms with van der Waals surface area (Å²) in [5, 5.41) is 0. The highest BCUT2D eigenvalue weighted by atomic mass is 35.5. The Kier molecular flexibility index (Phi) is 5.11. The van der Waals surface area contributed by atoms with Crippen LogP contribution in [0.5, 0.6) is 0 Å². The average Bonchev–Trinajstić information content (AvgIpc) is 1.97. The molecule has 3 nitrogen and oxygen atoms in total. The molecule has 0 atom stereocenters. The van der Waals surface area contributed by atoms with Crippen LogP contribution in [0.2, 0.25) is 0 Å². The van der Waals surface area contributed by atoms with Gasteiger partial charge in [0, 0.05) is 24.4 Å². The largest absolute Gasteiger partial charge is 1.00 e. The number of hydrogen-bond donors (Lipinski definition) is 1. The molecule has 1 N–H and O–H groups in total. The van der Waals surface area contributed by atoms with Crippen molar-refractivity contribution in [1.29, 1.82) is 0 Å². The molecule has 0 aromatic rings. The van der Waals surface area contributed by atoms with Crippen molar-refractivity contribution in [2.75, 3.05) is 7.05 Å². The summed E-state index contributed by atoms with van der Waals surface area (Å²) in [4.78, 5) is 12.2. The van der Waals surface area contributed by atoms with Crippen LogP contribution in [-0.4, -0.2) is 29.7 Å². The van der Waals surface area contributed by atoms with E-state index in [4.69, 9.17) is 16.3 Å². The molecule has 1 heterocycles. The van der Waals surface area contributed by atoms with Gasteiger partial charge in [0.15, 0.2) is 0 Å². The quantitative estimate of drug-likeness (QED) is 0.594. The van der Waals surface area contributed by atoms with Gasteiger partial charge in [-0.15, -0.1) is 0 Å². The molecule has 1 saturated heterocycles. The highest BCUT2D eigenvalue weighted by molar-refractivity contribution is 6.61. The molecule has 0 aliphatic carbocycles. The lowest BCUT2D eigenvalue weighted by Crippen LogP contribution is -3.24. The Morgan fingerprint density at radius 2 is 1.62 bits per heavy atom. The van der Waals surface area contributed by atoms with E-state index in [-0.39, 0.29) is 29.6 Å². The summed E-state index contributed by atoms with van der Waals surface area (Å²) < 4.78 is 5.12. The monoisotopic (exact) mass is 269 g/mol. The minimum atomic E-state index is -0.689. The van der Waals surface area contributed by atoms with Crippen LogP contribution in [-0.2, 0) is 4.74 Å². The Bertz CT molecular complexity index is 249. The lowest BCUT2D eigenvalue weighted by atomic mass is 9.79. The van der Waals surface area contributed by atoms with Crippen molar-refractivity contribution in [3.8, 4) is 0 Å².